The van der Waals surface area contributed by atoms with Crippen molar-refractivity contribution in [1.29, 1.82) is 0 Å². The normalized spacial score (nSPS) is 28.7. The van der Waals surface area contributed by atoms with E-state index >= 15 is 0 Å². The van der Waals surface area contributed by atoms with E-state index in [0.717, 1.165) is 5.57 Å². The molecule has 1 rings (SSSR count). The summed E-state index contributed by atoms with van der Waals surface area (Å²) in [6.45, 7) is 6.03. The molecule has 0 fully saturated rings. The molecule has 0 spiro atoms. The number of nitrogens with zero attached hydrogens (tertiary/aromatic N) is 1. The lowest BCUT2D eigenvalue weighted by Crippen LogP contribution is -2.45. The van der Waals surface area contributed by atoms with Gasteiger partial charge in [0.05, 0.1) is 0 Å². The lowest BCUT2D eigenvalue weighted by atomic mass is 9.98. The van der Waals surface area contributed by atoms with E-state index in [2.05, 4.69) is 0 Å². The van der Waals surface area contributed by atoms with Crippen LogP contribution in [0.5, 0.6) is 0 Å². The van der Waals surface area contributed by atoms with Crippen LogP contribution in [0.3, 0.4) is 0 Å². The first kappa shape index (κ1) is 9.26. The van der Waals surface area contributed by atoms with Crippen LogP contribution in [0.4, 0.5) is 0 Å². The molecule has 3 nitrogen and oxygen atoms in total. The van der Waals surface area contributed by atoms with Crippen LogP contribution in [0.2, 0.25) is 0 Å². The zero-order chi connectivity index (χ0) is 9.52. The molecule has 1 N–H and O–H groups in total. The molecule has 1 unspecified atom stereocenters. The van der Waals surface area contributed by atoms with E-state index in [1.54, 1.807) is 0 Å². The second-order valence-electron chi connectivity index (χ2n) is 3.80. The molecule has 1 heterocycles. The van der Waals surface area contributed by atoms with Crippen molar-refractivity contribution in [2.75, 3.05) is 7.05 Å². The molecular weight excluding hydrogens is 154 g/mol. The molecule has 0 aliphatic carbocycles. The summed E-state index contributed by atoms with van der Waals surface area (Å²) in [4.78, 5) is 12.6. The van der Waals surface area contributed by atoms with Gasteiger partial charge in [-0.05, 0) is 27.8 Å². The maximum absolute atomic E-state index is 10.8. The maximum atomic E-state index is 10.8. The summed E-state index contributed by atoms with van der Waals surface area (Å²) in [5, 5.41) is 8.85. The number of hydrogen-bond donors (Lipinski definition) is 1. The molecule has 3 heteroatoms. The van der Waals surface area contributed by atoms with Crippen LogP contribution in [-0.2, 0) is 4.79 Å². The number of aliphatic carboxylic acids is 1. The molecule has 0 aromatic rings. The highest BCUT2D eigenvalue weighted by Gasteiger charge is 2.39. The van der Waals surface area contributed by atoms with Gasteiger partial charge in [-0.15, -0.1) is 0 Å². The summed E-state index contributed by atoms with van der Waals surface area (Å²) in [5.41, 5.74) is 1.00. The number of carbonyl (C=O) groups is 1. The Morgan fingerprint density at radius 2 is 2.17 bits per heavy atom. The van der Waals surface area contributed by atoms with Gasteiger partial charge in [-0.1, -0.05) is 11.6 Å². The highest BCUT2D eigenvalue weighted by molar-refractivity contribution is 5.77. The van der Waals surface area contributed by atoms with Crippen LogP contribution >= 0.6 is 0 Å². The molecule has 0 aromatic carbocycles. The predicted octanol–water partition coefficient (Wildman–Crippen LogP) is 1.11. The van der Waals surface area contributed by atoms with Crippen molar-refractivity contribution in [3.8, 4) is 0 Å². The second kappa shape index (κ2) is 2.59. The monoisotopic (exact) mass is 169 g/mol. The quantitative estimate of drug-likeness (QED) is 0.598. The van der Waals surface area contributed by atoms with Crippen LogP contribution in [0.15, 0.2) is 11.6 Å². The van der Waals surface area contributed by atoms with Crippen molar-refractivity contribution in [3.05, 3.63) is 11.6 Å². The summed E-state index contributed by atoms with van der Waals surface area (Å²) in [6, 6.07) is -0.458. The van der Waals surface area contributed by atoms with Crippen LogP contribution in [0.1, 0.15) is 20.8 Å². The first-order valence-corrected chi connectivity index (χ1v) is 4.02. The summed E-state index contributed by atoms with van der Waals surface area (Å²) >= 11 is 0. The molecule has 0 amide bonds. The summed E-state index contributed by atoms with van der Waals surface area (Å²) in [6.07, 6.45) is 1.81. The van der Waals surface area contributed by atoms with Crippen LogP contribution < -0.4 is 0 Å². The number of likely N-dealkylation sites (N-methyl/N-ethyl adjacent to an activating group) is 1. The van der Waals surface area contributed by atoms with Crippen LogP contribution in [-0.4, -0.2) is 34.6 Å². The predicted molar refractivity (Wildman–Crippen MR) is 47.0 cm³/mol. The minimum atomic E-state index is -0.776. The fourth-order valence-corrected chi connectivity index (χ4v) is 1.42. The van der Waals surface area contributed by atoms with Crippen molar-refractivity contribution in [2.45, 2.75) is 32.4 Å². The second-order valence-corrected chi connectivity index (χ2v) is 3.80. The number of hydrogen-bond acceptors (Lipinski definition) is 2. The number of rotatable bonds is 1. The first-order valence-electron chi connectivity index (χ1n) is 4.02. The standard InChI is InChI=1S/C9H15NO2/c1-6-5-7(8(11)12)10(4)9(6,2)3/h5,7H,1-4H3,(H,11,12). The summed E-state index contributed by atoms with van der Waals surface area (Å²) in [5.74, 6) is -0.776. The average molecular weight is 169 g/mol. The third-order valence-electron chi connectivity index (χ3n) is 2.92. The highest BCUT2D eigenvalue weighted by atomic mass is 16.4. The fraction of sp³-hybridized carbons (Fsp3) is 0.667. The Bertz CT molecular complexity index is 243. The zero-order valence-electron chi connectivity index (χ0n) is 7.96. The van der Waals surface area contributed by atoms with Gasteiger partial charge in [0, 0.05) is 5.54 Å². The molecule has 0 aromatic heterocycles. The third-order valence-corrected chi connectivity index (χ3v) is 2.92. The van der Waals surface area contributed by atoms with Gasteiger partial charge in [0.1, 0.15) is 6.04 Å². The van der Waals surface area contributed by atoms with E-state index < -0.39 is 12.0 Å². The van der Waals surface area contributed by atoms with Gasteiger partial charge in [-0.3, -0.25) is 9.69 Å². The first-order chi connectivity index (χ1) is 5.37. The van der Waals surface area contributed by atoms with Gasteiger partial charge in [-0.25, -0.2) is 0 Å². The van der Waals surface area contributed by atoms with Gasteiger partial charge in [0.15, 0.2) is 0 Å². The molecule has 1 atom stereocenters. The van der Waals surface area contributed by atoms with E-state index in [9.17, 15) is 4.79 Å². The maximum Gasteiger partial charge on any atom is 0.324 e. The Balaban J connectivity index is 2.96. The van der Waals surface area contributed by atoms with Crippen molar-refractivity contribution in [2.24, 2.45) is 0 Å². The number of carboxylic acids is 1. The lowest BCUT2D eigenvalue weighted by molar-refractivity contribution is -0.141. The molecule has 0 radical (unpaired) electrons. The topological polar surface area (TPSA) is 40.5 Å². The molecule has 0 bridgehead atoms. The summed E-state index contributed by atoms with van der Waals surface area (Å²) < 4.78 is 0. The van der Waals surface area contributed by atoms with E-state index in [1.165, 1.54) is 0 Å². The average Bonchev–Trinajstić information content (AvgIpc) is 2.13. The van der Waals surface area contributed by atoms with Gasteiger partial charge < -0.3 is 5.11 Å². The smallest absolute Gasteiger partial charge is 0.324 e. The van der Waals surface area contributed by atoms with E-state index in [-0.39, 0.29) is 5.54 Å². The fourth-order valence-electron chi connectivity index (χ4n) is 1.42. The van der Waals surface area contributed by atoms with Crippen molar-refractivity contribution in [1.82, 2.24) is 4.90 Å². The van der Waals surface area contributed by atoms with Gasteiger partial charge in [-0.2, -0.15) is 0 Å². The van der Waals surface area contributed by atoms with Crippen LogP contribution in [0.25, 0.3) is 0 Å². The van der Waals surface area contributed by atoms with E-state index in [0.29, 0.717) is 0 Å². The largest absolute Gasteiger partial charge is 0.480 e. The zero-order valence-corrected chi connectivity index (χ0v) is 7.96. The molecule has 0 saturated heterocycles. The van der Waals surface area contributed by atoms with E-state index in [1.807, 2.05) is 38.8 Å². The SMILES string of the molecule is CC1=CC(C(=O)O)N(C)C1(C)C. The molecule has 1 aliphatic heterocycles. The molecule has 1 aliphatic rings. The summed E-state index contributed by atoms with van der Waals surface area (Å²) in [7, 11) is 1.84. The lowest BCUT2D eigenvalue weighted by Gasteiger charge is -2.32. The molecule has 12 heavy (non-hydrogen) atoms. The molecule has 68 valence electrons. The minimum absolute atomic E-state index is 0.122. The van der Waals surface area contributed by atoms with Crippen LogP contribution in [0, 0.1) is 0 Å². The highest BCUT2D eigenvalue weighted by Crippen LogP contribution is 2.31. The molecule has 0 saturated carbocycles. The molecular formula is C9H15NO2. The van der Waals surface area contributed by atoms with Crippen molar-refractivity contribution in [3.63, 3.8) is 0 Å². The Kier molecular flexibility index (Phi) is 2.00. The van der Waals surface area contributed by atoms with Gasteiger partial charge in [0.2, 0.25) is 0 Å². The Labute approximate surface area is 72.7 Å². The van der Waals surface area contributed by atoms with Gasteiger partial charge in [0.25, 0.3) is 0 Å². The van der Waals surface area contributed by atoms with E-state index in [4.69, 9.17) is 5.11 Å². The van der Waals surface area contributed by atoms with Gasteiger partial charge >= 0.3 is 5.97 Å². The Hall–Kier alpha value is -0.830. The van der Waals surface area contributed by atoms with Crippen molar-refractivity contribution >= 4 is 5.97 Å². The van der Waals surface area contributed by atoms with Crippen molar-refractivity contribution < 1.29 is 9.90 Å². The Morgan fingerprint density at radius 1 is 1.67 bits per heavy atom. The minimum Gasteiger partial charge on any atom is -0.480 e. The number of carboxylic acid groups (broad SMARTS) is 1. The Morgan fingerprint density at radius 3 is 2.33 bits per heavy atom. The third kappa shape index (κ3) is 1.14.